The van der Waals surface area contributed by atoms with Crippen molar-refractivity contribution in [2.24, 2.45) is 0 Å². The van der Waals surface area contributed by atoms with Gasteiger partial charge >= 0.3 is 5.97 Å². The fourth-order valence-corrected chi connectivity index (χ4v) is 1.97. The smallest absolute Gasteiger partial charge is 0.338 e. The number of hydrogen-bond acceptors (Lipinski definition) is 3. The molecule has 0 spiro atoms. The third-order valence-corrected chi connectivity index (χ3v) is 2.76. The van der Waals surface area contributed by atoms with Crippen molar-refractivity contribution < 1.29 is 9.53 Å². The zero-order valence-corrected chi connectivity index (χ0v) is 12.6. The molecular formula is C16H20N2O2. The first kappa shape index (κ1) is 14.3. The van der Waals surface area contributed by atoms with Gasteiger partial charge in [-0.15, -0.1) is 0 Å². The molecule has 1 aromatic carbocycles. The molecule has 0 atom stereocenters. The van der Waals surface area contributed by atoms with Crippen LogP contribution >= 0.6 is 0 Å². The average Bonchev–Trinajstić information content (AvgIpc) is 2.66. The SMILES string of the molecule is Cc1cc(C)n(-c2ccc(C(=O)OC(C)(C)C)cc2)n1. The Bertz CT molecular complexity index is 619. The highest BCUT2D eigenvalue weighted by Gasteiger charge is 2.17. The van der Waals surface area contributed by atoms with Crippen LogP contribution in [-0.4, -0.2) is 21.4 Å². The van der Waals surface area contributed by atoms with E-state index in [1.807, 2.05) is 57.5 Å². The predicted molar refractivity (Wildman–Crippen MR) is 78.2 cm³/mol. The minimum atomic E-state index is -0.481. The Morgan fingerprint density at radius 3 is 2.20 bits per heavy atom. The fourth-order valence-electron chi connectivity index (χ4n) is 1.97. The minimum Gasteiger partial charge on any atom is -0.456 e. The van der Waals surface area contributed by atoms with Crippen LogP contribution in [0.25, 0.3) is 5.69 Å². The molecular weight excluding hydrogens is 252 g/mol. The third kappa shape index (κ3) is 3.26. The summed E-state index contributed by atoms with van der Waals surface area (Å²) >= 11 is 0. The molecule has 2 aromatic rings. The zero-order valence-electron chi connectivity index (χ0n) is 12.6. The lowest BCUT2D eigenvalue weighted by Gasteiger charge is -2.19. The Balaban J connectivity index is 2.22. The van der Waals surface area contributed by atoms with E-state index >= 15 is 0 Å². The molecule has 0 aliphatic carbocycles. The van der Waals surface area contributed by atoms with Crippen LogP contribution in [-0.2, 0) is 4.74 Å². The van der Waals surface area contributed by atoms with Gasteiger partial charge in [-0.1, -0.05) is 0 Å². The maximum atomic E-state index is 11.9. The highest BCUT2D eigenvalue weighted by molar-refractivity contribution is 5.89. The molecule has 0 saturated heterocycles. The predicted octanol–water partition coefficient (Wildman–Crippen LogP) is 3.44. The van der Waals surface area contributed by atoms with Gasteiger partial charge in [0, 0.05) is 5.69 Å². The van der Waals surface area contributed by atoms with Crippen LogP contribution in [0, 0.1) is 13.8 Å². The van der Waals surface area contributed by atoms with Gasteiger partial charge in [0.25, 0.3) is 0 Å². The van der Waals surface area contributed by atoms with Crippen LogP contribution in [0.4, 0.5) is 0 Å². The Labute approximate surface area is 119 Å². The second kappa shape index (κ2) is 5.12. The number of ether oxygens (including phenoxy) is 1. The largest absolute Gasteiger partial charge is 0.456 e. The first-order valence-corrected chi connectivity index (χ1v) is 6.63. The quantitative estimate of drug-likeness (QED) is 0.786. The Morgan fingerprint density at radius 1 is 1.15 bits per heavy atom. The molecule has 0 bridgehead atoms. The molecule has 1 aromatic heterocycles. The first-order chi connectivity index (χ1) is 9.26. The summed E-state index contributed by atoms with van der Waals surface area (Å²) in [6, 6.07) is 9.29. The lowest BCUT2D eigenvalue weighted by Crippen LogP contribution is -2.23. The number of carbonyl (C=O) groups excluding carboxylic acids is 1. The average molecular weight is 272 g/mol. The van der Waals surface area contributed by atoms with E-state index in [1.165, 1.54) is 0 Å². The Hall–Kier alpha value is -2.10. The summed E-state index contributed by atoms with van der Waals surface area (Å²) in [5, 5.41) is 4.41. The summed E-state index contributed by atoms with van der Waals surface area (Å²) in [4.78, 5) is 11.9. The normalized spacial score (nSPS) is 11.4. The number of carbonyl (C=O) groups is 1. The molecule has 2 rings (SSSR count). The van der Waals surface area contributed by atoms with E-state index in [4.69, 9.17) is 4.74 Å². The summed E-state index contributed by atoms with van der Waals surface area (Å²) in [6.07, 6.45) is 0. The van der Waals surface area contributed by atoms with Gasteiger partial charge < -0.3 is 4.74 Å². The van der Waals surface area contributed by atoms with E-state index in [0.717, 1.165) is 17.1 Å². The van der Waals surface area contributed by atoms with Crippen molar-refractivity contribution in [1.29, 1.82) is 0 Å². The van der Waals surface area contributed by atoms with Crippen LogP contribution in [0.2, 0.25) is 0 Å². The molecule has 0 aliphatic rings. The first-order valence-electron chi connectivity index (χ1n) is 6.63. The molecule has 0 aliphatic heterocycles. The van der Waals surface area contributed by atoms with Gasteiger partial charge in [-0.25, -0.2) is 9.48 Å². The molecule has 0 radical (unpaired) electrons. The zero-order chi connectivity index (χ0) is 14.9. The van der Waals surface area contributed by atoms with E-state index in [2.05, 4.69) is 5.10 Å². The van der Waals surface area contributed by atoms with Crippen molar-refractivity contribution in [3.8, 4) is 5.69 Å². The summed E-state index contributed by atoms with van der Waals surface area (Å²) in [6.45, 7) is 9.53. The summed E-state index contributed by atoms with van der Waals surface area (Å²) < 4.78 is 7.19. The Kier molecular flexibility index (Phi) is 3.66. The van der Waals surface area contributed by atoms with E-state index < -0.39 is 5.60 Å². The lowest BCUT2D eigenvalue weighted by molar-refractivity contribution is 0.00696. The third-order valence-electron chi connectivity index (χ3n) is 2.76. The molecule has 0 amide bonds. The van der Waals surface area contributed by atoms with E-state index in [0.29, 0.717) is 5.56 Å². The topological polar surface area (TPSA) is 44.1 Å². The molecule has 0 fully saturated rings. The number of aryl methyl sites for hydroxylation is 2. The number of hydrogen-bond donors (Lipinski definition) is 0. The van der Waals surface area contributed by atoms with Crippen LogP contribution in [0.1, 0.15) is 42.5 Å². The number of nitrogens with zero attached hydrogens (tertiary/aromatic N) is 2. The molecule has 4 heteroatoms. The van der Waals surface area contributed by atoms with E-state index in [1.54, 1.807) is 12.1 Å². The molecule has 0 N–H and O–H groups in total. The minimum absolute atomic E-state index is 0.308. The summed E-state index contributed by atoms with van der Waals surface area (Å²) in [7, 11) is 0. The number of benzene rings is 1. The van der Waals surface area contributed by atoms with Crippen LogP contribution in [0.5, 0.6) is 0 Å². The van der Waals surface area contributed by atoms with Crippen molar-refractivity contribution >= 4 is 5.97 Å². The molecule has 106 valence electrons. The van der Waals surface area contributed by atoms with E-state index in [9.17, 15) is 4.79 Å². The lowest BCUT2D eigenvalue weighted by atomic mass is 10.1. The monoisotopic (exact) mass is 272 g/mol. The van der Waals surface area contributed by atoms with Crippen molar-refractivity contribution in [2.45, 2.75) is 40.2 Å². The molecule has 4 nitrogen and oxygen atoms in total. The van der Waals surface area contributed by atoms with E-state index in [-0.39, 0.29) is 5.97 Å². The number of esters is 1. The molecule has 1 heterocycles. The Morgan fingerprint density at radius 2 is 1.75 bits per heavy atom. The second-order valence-electron chi connectivity index (χ2n) is 5.89. The second-order valence-corrected chi connectivity index (χ2v) is 5.89. The van der Waals surface area contributed by atoms with Crippen LogP contribution in [0.15, 0.2) is 30.3 Å². The fraction of sp³-hybridized carbons (Fsp3) is 0.375. The van der Waals surface area contributed by atoms with Gasteiger partial charge in [-0.2, -0.15) is 5.10 Å². The van der Waals surface area contributed by atoms with Gasteiger partial charge in [-0.05, 0) is 65.0 Å². The van der Waals surface area contributed by atoms with Crippen molar-refractivity contribution in [3.63, 3.8) is 0 Å². The summed E-state index contributed by atoms with van der Waals surface area (Å²) in [5.41, 5.74) is 3.03. The van der Waals surface area contributed by atoms with Crippen molar-refractivity contribution in [3.05, 3.63) is 47.3 Å². The van der Waals surface area contributed by atoms with Crippen molar-refractivity contribution in [1.82, 2.24) is 9.78 Å². The van der Waals surface area contributed by atoms with Gasteiger partial charge in [0.15, 0.2) is 0 Å². The molecule has 0 saturated carbocycles. The number of aromatic nitrogens is 2. The highest BCUT2D eigenvalue weighted by Crippen LogP contribution is 2.16. The number of rotatable bonds is 2. The van der Waals surface area contributed by atoms with Crippen LogP contribution in [0.3, 0.4) is 0 Å². The maximum Gasteiger partial charge on any atom is 0.338 e. The van der Waals surface area contributed by atoms with Gasteiger partial charge in [0.1, 0.15) is 5.60 Å². The van der Waals surface area contributed by atoms with Gasteiger partial charge in [0.05, 0.1) is 16.9 Å². The maximum absolute atomic E-state index is 11.9. The standard InChI is InChI=1S/C16H20N2O2/c1-11-10-12(2)18(17-11)14-8-6-13(7-9-14)15(19)20-16(3,4)5/h6-10H,1-5H3. The van der Waals surface area contributed by atoms with Gasteiger partial charge in [0.2, 0.25) is 0 Å². The molecule has 0 unspecified atom stereocenters. The highest BCUT2D eigenvalue weighted by atomic mass is 16.6. The molecule has 20 heavy (non-hydrogen) atoms. The van der Waals surface area contributed by atoms with Crippen LogP contribution < -0.4 is 0 Å². The summed E-state index contributed by atoms with van der Waals surface area (Å²) in [5.74, 6) is -0.308. The van der Waals surface area contributed by atoms with Crippen molar-refractivity contribution in [2.75, 3.05) is 0 Å². The van der Waals surface area contributed by atoms with Gasteiger partial charge in [-0.3, -0.25) is 0 Å².